The second-order valence-electron chi connectivity index (χ2n) is 7.41. The number of hydrogen-bond acceptors (Lipinski definition) is 4. The molecule has 3 aromatic rings. The van der Waals surface area contributed by atoms with Crippen LogP contribution in [-0.4, -0.2) is 26.3 Å². The van der Waals surface area contributed by atoms with E-state index in [-0.39, 0.29) is 0 Å². The van der Waals surface area contributed by atoms with Gasteiger partial charge < -0.3 is 19.7 Å². The van der Waals surface area contributed by atoms with Crippen molar-refractivity contribution in [3.63, 3.8) is 0 Å². The third kappa shape index (κ3) is 6.03. The van der Waals surface area contributed by atoms with Gasteiger partial charge in [0.25, 0.3) is 0 Å². The molecule has 3 aromatic carbocycles. The molecule has 1 N–H and O–H groups in total. The maximum absolute atomic E-state index is 6.57. The van der Waals surface area contributed by atoms with Gasteiger partial charge in [-0.15, -0.1) is 0 Å². The third-order valence-corrected chi connectivity index (χ3v) is 6.72. The molecular formula is C24H22BrCl3N2O2. The van der Waals surface area contributed by atoms with E-state index in [9.17, 15) is 0 Å². The lowest BCUT2D eigenvalue weighted by molar-refractivity contribution is 0.122. The molecule has 0 bridgehead atoms. The maximum Gasteiger partial charge on any atom is 0.124 e. The summed E-state index contributed by atoms with van der Waals surface area (Å²) in [4.78, 5) is 2.25. The largest absolute Gasteiger partial charge is 0.489 e. The van der Waals surface area contributed by atoms with E-state index in [1.807, 2.05) is 42.5 Å². The highest BCUT2D eigenvalue weighted by molar-refractivity contribution is 9.10. The van der Waals surface area contributed by atoms with Crippen LogP contribution in [0.5, 0.6) is 5.75 Å². The Balaban J connectivity index is 1.43. The SMILES string of the molecule is Clc1ccc(COc2ccc(Br)cc2CNc2ccc(N3CCOCC3)c(Cl)c2)cc1Cl. The predicted molar refractivity (Wildman–Crippen MR) is 137 cm³/mol. The highest BCUT2D eigenvalue weighted by Crippen LogP contribution is 2.31. The minimum absolute atomic E-state index is 0.394. The molecule has 1 aliphatic rings. The summed E-state index contributed by atoms with van der Waals surface area (Å²) in [7, 11) is 0. The van der Waals surface area contributed by atoms with E-state index < -0.39 is 0 Å². The molecule has 0 spiro atoms. The van der Waals surface area contributed by atoms with Crippen molar-refractivity contribution in [2.24, 2.45) is 0 Å². The van der Waals surface area contributed by atoms with Crippen molar-refractivity contribution < 1.29 is 9.47 Å². The monoisotopic (exact) mass is 554 g/mol. The summed E-state index contributed by atoms with van der Waals surface area (Å²) < 4.78 is 12.5. The van der Waals surface area contributed by atoms with E-state index in [1.165, 1.54) is 0 Å². The highest BCUT2D eigenvalue weighted by atomic mass is 79.9. The average Bonchev–Trinajstić information content (AvgIpc) is 2.80. The van der Waals surface area contributed by atoms with Gasteiger partial charge in [-0.2, -0.15) is 0 Å². The smallest absolute Gasteiger partial charge is 0.124 e. The Morgan fingerprint density at radius 3 is 2.47 bits per heavy atom. The van der Waals surface area contributed by atoms with Crippen molar-refractivity contribution in [1.82, 2.24) is 0 Å². The zero-order valence-electron chi connectivity index (χ0n) is 17.2. The van der Waals surface area contributed by atoms with Crippen LogP contribution in [0, 0.1) is 0 Å². The number of halogens is 4. The van der Waals surface area contributed by atoms with Gasteiger partial charge in [-0.1, -0.05) is 56.8 Å². The van der Waals surface area contributed by atoms with E-state index in [0.29, 0.717) is 23.2 Å². The molecule has 1 aliphatic heterocycles. The molecule has 8 heteroatoms. The summed E-state index contributed by atoms with van der Waals surface area (Å²) in [6.45, 7) is 4.14. The number of benzene rings is 3. The Morgan fingerprint density at radius 2 is 1.72 bits per heavy atom. The number of nitrogens with one attached hydrogen (secondary N) is 1. The van der Waals surface area contributed by atoms with Crippen LogP contribution in [0.3, 0.4) is 0 Å². The van der Waals surface area contributed by atoms with Gasteiger partial charge >= 0.3 is 0 Å². The van der Waals surface area contributed by atoms with Gasteiger partial charge in [-0.25, -0.2) is 0 Å². The van der Waals surface area contributed by atoms with Crippen LogP contribution < -0.4 is 15.0 Å². The van der Waals surface area contributed by atoms with Gasteiger partial charge in [-0.3, -0.25) is 0 Å². The lowest BCUT2D eigenvalue weighted by Gasteiger charge is -2.29. The Morgan fingerprint density at radius 1 is 0.906 bits per heavy atom. The molecule has 1 saturated heterocycles. The highest BCUT2D eigenvalue weighted by Gasteiger charge is 2.14. The summed E-state index contributed by atoms with van der Waals surface area (Å²) >= 11 is 22.2. The van der Waals surface area contributed by atoms with Crippen molar-refractivity contribution in [3.8, 4) is 5.75 Å². The van der Waals surface area contributed by atoms with Crippen LogP contribution in [-0.2, 0) is 17.9 Å². The molecule has 0 atom stereocenters. The third-order valence-electron chi connectivity index (χ3n) is 5.18. The van der Waals surface area contributed by atoms with Gasteiger partial charge in [0.15, 0.2) is 0 Å². The molecular weight excluding hydrogens is 535 g/mol. The van der Waals surface area contributed by atoms with Crippen molar-refractivity contribution >= 4 is 62.1 Å². The van der Waals surface area contributed by atoms with Gasteiger partial charge in [0, 0.05) is 35.4 Å². The average molecular weight is 557 g/mol. The van der Waals surface area contributed by atoms with Crippen LogP contribution in [0.25, 0.3) is 0 Å². The predicted octanol–water partition coefficient (Wildman–Crippen LogP) is 7.44. The zero-order chi connectivity index (χ0) is 22.5. The van der Waals surface area contributed by atoms with Crippen molar-refractivity contribution in [2.75, 3.05) is 36.5 Å². The molecule has 4 nitrogen and oxygen atoms in total. The maximum atomic E-state index is 6.57. The molecule has 0 aromatic heterocycles. The fourth-order valence-corrected chi connectivity index (χ4v) is 4.52. The summed E-state index contributed by atoms with van der Waals surface area (Å²) in [5.74, 6) is 0.794. The molecule has 32 heavy (non-hydrogen) atoms. The van der Waals surface area contributed by atoms with Crippen molar-refractivity contribution in [3.05, 3.63) is 85.3 Å². The van der Waals surface area contributed by atoms with E-state index in [1.54, 1.807) is 6.07 Å². The van der Waals surface area contributed by atoms with Crippen LogP contribution in [0.1, 0.15) is 11.1 Å². The van der Waals surface area contributed by atoms with Crippen LogP contribution in [0.2, 0.25) is 15.1 Å². The number of nitrogens with zero attached hydrogens (tertiary/aromatic N) is 1. The number of hydrogen-bond donors (Lipinski definition) is 1. The van der Waals surface area contributed by atoms with Crippen LogP contribution >= 0.6 is 50.7 Å². The van der Waals surface area contributed by atoms with Crippen LogP contribution in [0.4, 0.5) is 11.4 Å². The number of morpholine rings is 1. The molecule has 0 amide bonds. The summed E-state index contributed by atoms with van der Waals surface area (Å²) in [5, 5.41) is 5.22. The van der Waals surface area contributed by atoms with E-state index in [2.05, 4.69) is 32.2 Å². The number of ether oxygens (including phenoxy) is 2. The Labute approximate surface area is 211 Å². The van der Waals surface area contributed by atoms with E-state index in [4.69, 9.17) is 44.3 Å². The van der Waals surface area contributed by atoms with Gasteiger partial charge in [0.1, 0.15) is 12.4 Å². The zero-order valence-corrected chi connectivity index (χ0v) is 21.1. The van der Waals surface area contributed by atoms with Gasteiger partial charge in [-0.05, 0) is 54.1 Å². The molecule has 4 rings (SSSR count). The Hall–Kier alpha value is -1.63. The van der Waals surface area contributed by atoms with Crippen molar-refractivity contribution in [1.29, 1.82) is 0 Å². The second kappa shape index (κ2) is 11.0. The normalized spacial score (nSPS) is 13.8. The number of anilines is 2. The molecule has 0 aliphatic carbocycles. The van der Waals surface area contributed by atoms with Gasteiger partial charge in [0.05, 0.1) is 34.0 Å². The van der Waals surface area contributed by atoms with E-state index in [0.717, 1.165) is 64.0 Å². The first-order valence-electron chi connectivity index (χ1n) is 10.2. The molecule has 0 unspecified atom stereocenters. The first-order chi connectivity index (χ1) is 15.5. The lowest BCUT2D eigenvalue weighted by atomic mass is 10.2. The lowest BCUT2D eigenvalue weighted by Crippen LogP contribution is -2.36. The molecule has 0 saturated carbocycles. The molecule has 168 valence electrons. The molecule has 1 heterocycles. The second-order valence-corrected chi connectivity index (χ2v) is 9.55. The van der Waals surface area contributed by atoms with Crippen molar-refractivity contribution in [2.45, 2.75) is 13.2 Å². The minimum Gasteiger partial charge on any atom is -0.489 e. The van der Waals surface area contributed by atoms with Crippen LogP contribution in [0.15, 0.2) is 59.1 Å². The summed E-state index contributed by atoms with van der Waals surface area (Å²) in [6.07, 6.45) is 0. The topological polar surface area (TPSA) is 33.7 Å². The first kappa shape index (κ1) is 23.5. The fraction of sp³-hybridized carbons (Fsp3) is 0.250. The minimum atomic E-state index is 0.394. The fourth-order valence-electron chi connectivity index (χ4n) is 3.49. The standard InChI is InChI=1S/C24H22BrCl3N2O2/c25-18-2-6-24(32-15-16-1-4-20(26)21(27)11-16)17(12-18)14-29-19-3-5-23(22(28)13-19)30-7-9-31-10-8-30/h1-6,11-13,29H,7-10,14-15H2. The quantitative estimate of drug-likeness (QED) is 0.328. The van der Waals surface area contributed by atoms with Gasteiger partial charge in [0.2, 0.25) is 0 Å². The van der Waals surface area contributed by atoms with E-state index >= 15 is 0 Å². The summed E-state index contributed by atoms with van der Waals surface area (Å²) in [5.41, 5.74) is 3.95. The molecule has 0 radical (unpaired) electrons. The Kier molecular flexibility index (Phi) is 8.08. The molecule has 1 fully saturated rings. The summed E-state index contributed by atoms with van der Waals surface area (Å²) in [6, 6.07) is 17.5. The Bertz CT molecular complexity index is 1090. The first-order valence-corrected chi connectivity index (χ1v) is 12.1. The number of rotatable bonds is 7.